The van der Waals surface area contributed by atoms with E-state index >= 15 is 0 Å². The number of nitrogens with zero attached hydrogens (tertiary/aromatic N) is 3. The number of fused-ring (bicyclic) bond motifs is 2. The number of sulfonamides is 1. The SMILES string of the molecule is CS(=O)(=O)N1CCn2c(nc(C3CC4CC(O)CC4C3)c2C(=O)Nc2ccc(F)c(Cl)c2)C1. The van der Waals surface area contributed by atoms with Gasteiger partial charge in [0.1, 0.15) is 17.3 Å². The van der Waals surface area contributed by atoms with E-state index in [4.69, 9.17) is 16.6 Å². The van der Waals surface area contributed by atoms with Crippen LogP contribution in [0.1, 0.15) is 53.6 Å². The molecule has 178 valence electrons. The normalized spacial score (nSPS) is 27.4. The molecule has 0 radical (unpaired) electrons. The van der Waals surface area contributed by atoms with Gasteiger partial charge < -0.3 is 15.0 Å². The third kappa shape index (κ3) is 4.29. The molecule has 2 N–H and O–H groups in total. The van der Waals surface area contributed by atoms with Crippen molar-refractivity contribution < 1.29 is 22.7 Å². The summed E-state index contributed by atoms with van der Waals surface area (Å²) in [4.78, 5) is 18.2. The predicted molar refractivity (Wildman–Crippen MR) is 121 cm³/mol. The van der Waals surface area contributed by atoms with Crippen molar-refractivity contribution in [1.29, 1.82) is 0 Å². The van der Waals surface area contributed by atoms with E-state index < -0.39 is 15.8 Å². The highest BCUT2D eigenvalue weighted by atomic mass is 35.5. The molecule has 1 aliphatic heterocycles. The van der Waals surface area contributed by atoms with Crippen molar-refractivity contribution in [1.82, 2.24) is 13.9 Å². The number of aliphatic hydroxyl groups excluding tert-OH is 1. The number of aliphatic hydroxyl groups is 1. The van der Waals surface area contributed by atoms with Gasteiger partial charge >= 0.3 is 0 Å². The van der Waals surface area contributed by atoms with Gasteiger partial charge in [0.25, 0.3) is 5.91 Å². The van der Waals surface area contributed by atoms with Crippen molar-refractivity contribution in [2.24, 2.45) is 11.8 Å². The average molecular weight is 497 g/mol. The molecule has 1 aromatic heterocycles. The molecule has 2 atom stereocenters. The van der Waals surface area contributed by atoms with Crippen molar-refractivity contribution in [3.8, 4) is 0 Å². The average Bonchev–Trinajstić information content (AvgIpc) is 3.39. The van der Waals surface area contributed by atoms with Crippen LogP contribution < -0.4 is 5.32 Å². The standard InChI is InChI=1S/C22H26ClFN4O4S/c1-33(31,32)27-4-5-28-19(11-27)26-20(14-6-12-8-16(29)9-13(12)7-14)21(28)22(30)25-15-2-3-18(24)17(23)10-15/h2-3,10,12-14,16,29H,4-9,11H2,1H3,(H,25,30). The van der Waals surface area contributed by atoms with E-state index in [2.05, 4.69) is 5.32 Å². The molecule has 33 heavy (non-hydrogen) atoms. The fourth-order valence-electron chi connectivity index (χ4n) is 5.71. The molecule has 2 saturated carbocycles. The molecule has 2 heterocycles. The van der Waals surface area contributed by atoms with Crippen LogP contribution in [-0.2, 0) is 23.1 Å². The summed E-state index contributed by atoms with van der Waals surface area (Å²) in [6.45, 7) is 0.687. The highest BCUT2D eigenvalue weighted by Crippen LogP contribution is 2.51. The summed E-state index contributed by atoms with van der Waals surface area (Å²) in [5.74, 6) is 0.469. The van der Waals surface area contributed by atoms with E-state index in [1.54, 1.807) is 4.57 Å². The van der Waals surface area contributed by atoms with Gasteiger partial charge in [-0.1, -0.05) is 11.6 Å². The molecule has 5 rings (SSSR count). The Morgan fingerprint density at radius 1 is 1.21 bits per heavy atom. The van der Waals surface area contributed by atoms with Crippen molar-refractivity contribution in [2.45, 2.75) is 50.8 Å². The molecule has 11 heteroatoms. The minimum absolute atomic E-state index is 0.0647. The Bertz CT molecular complexity index is 1200. The molecule has 8 nitrogen and oxygen atoms in total. The van der Waals surface area contributed by atoms with Crippen LogP contribution in [0.5, 0.6) is 0 Å². The second-order valence-corrected chi connectivity index (χ2v) is 11.8. The van der Waals surface area contributed by atoms with E-state index in [-0.39, 0.29) is 36.0 Å². The Labute approximate surface area is 196 Å². The summed E-state index contributed by atoms with van der Waals surface area (Å²) in [7, 11) is -3.39. The zero-order valence-corrected chi connectivity index (χ0v) is 19.7. The summed E-state index contributed by atoms with van der Waals surface area (Å²) >= 11 is 5.87. The summed E-state index contributed by atoms with van der Waals surface area (Å²) in [6, 6.07) is 3.99. The number of aromatic nitrogens is 2. The second-order valence-electron chi connectivity index (χ2n) is 9.41. The molecule has 1 amide bonds. The first-order valence-electron chi connectivity index (χ1n) is 11.1. The number of hydrogen-bond acceptors (Lipinski definition) is 5. The Balaban J connectivity index is 1.49. The minimum Gasteiger partial charge on any atom is -0.393 e. The number of nitrogens with one attached hydrogen (secondary N) is 1. The maximum absolute atomic E-state index is 13.5. The van der Waals surface area contributed by atoms with E-state index in [0.29, 0.717) is 41.3 Å². The van der Waals surface area contributed by atoms with Gasteiger partial charge in [0, 0.05) is 24.7 Å². The first-order valence-corrected chi connectivity index (χ1v) is 13.3. The van der Waals surface area contributed by atoms with Crippen LogP contribution in [-0.4, -0.2) is 52.2 Å². The van der Waals surface area contributed by atoms with Gasteiger partial charge in [-0.05, 0) is 55.7 Å². The molecular weight excluding hydrogens is 471 g/mol. The third-order valence-corrected chi connectivity index (χ3v) is 8.74. The van der Waals surface area contributed by atoms with Crippen LogP contribution in [0.2, 0.25) is 5.02 Å². The quantitative estimate of drug-likeness (QED) is 0.677. The number of carbonyl (C=O) groups is 1. The van der Waals surface area contributed by atoms with Gasteiger partial charge in [0.05, 0.1) is 29.6 Å². The molecule has 1 aromatic carbocycles. The predicted octanol–water partition coefficient (Wildman–Crippen LogP) is 2.97. The van der Waals surface area contributed by atoms with Crippen molar-refractivity contribution in [3.63, 3.8) is 0 Å². The number of anilines is 1. The highest BCUT2D eigenvalue weighted by Gasteiger charge is 2.44. The van der Waals surface area contributed by atoms with Crippen LogP contribution >= 0.6 is 11.6 Å². The molecule has 2 aromatic rings. The van der Waals surface area contributed by atoms with Gasteiger partial charge in [-0.25, -0.2) is 17.8 Å². The number of halogens is 2. The van der Waals surface area contributed by atoms with E-state index in [0.717, 1.165) is 25.7 Å². The number of carbonyl (C=O) groups excluding carboxylic acids is 1. The van der Waals surface area contributed by atoms with Crippen molar-refractivity contribution in [2.75, 3.05) is 18.1 Å². The maximum Gasteiger partial charge on any atom is 0.274 e. The number of benzene rings is 1. The number of rotatable bonds is 4. The van der Waals surface area contributed by atoms with Crippen LogP contribution in [0.3, 0.4) is 0 Å². The second kappa shape index (κ2) is 8.33. The molecule has 2 fully saturated rings. The maximum atomic E-state index is 13.5. The van der Waals surface area contributed by atoms with E-state index in [1.807, 2.05) is 0 Å². The molecule has 3 aliphatic rings. The first-order chi connectivity index (χ1) is 15.6. The molecule has 0 bridgehead atoms. The largest absolute Gasteiger partial charge is 0.393 e. The minimum atomic E-state index is -3.39. The molecule has 2 unspecified atom stereocenters. The van der Waals surface area contributed by atoms with Gasteiger partial charge in [0.15, 0.2) is 0 Å². The van der Waals surface area contributed by atoms with Crippen LogP contribution in [0.15, 0.2) is 18.2 Å². The number of amides is 1. The summed E-state index contributed by atoms with van der Waals surface area (Å²) < 4.78 is 40.9. The van der Waals surface area contributed by atoms with Crippen molar-refractivity contribution >= 4 is 33.2 Å². The van der Waals surface area contributed by atoms with Crippen LogP contribution in [0.25, 0.3) is 0 Å². The Morgan fingerprint density at radius 2 is 1.91 bits per heavy atom. The third-order valence-electron chi connectivity index (χ3n) is 7.20. The van der Waals surface area contributed by atoms with Gasteiger partial charge in [-0.15, -0.1) is 0 Å². The molecular formula is C22H26ClFN4O4S. The smallest absolute Gasteiger partial charge is 0.274 e. The monoisotopic (exact) mass is 496 g/mol. The van der Waals surface area contributed by atoms with E-state index in [9.17, 15) is 22.7 Å². The molecule has 2 aliphatic carbocycles. The number of hydrogen-bond donors (Lipinski definition) is 2. The van der Waals surface area contributed by atoms with Crippen molar-refractivity contribution in [3.05, 3.63) is 46.3 Å². The fraction of sp³-hybridized carbons (Fsp3) is 0.545. The lowest BCUT2D eigenvalue weighted by Crippen LogP contribution is -2.38. The van der Waals surface area contributed by atoms with Crippen LogP contribution in [0.4, 0.5) is 10.1 Å². The fourth-order valence-corrected chi connectivity index (χ4v) is 6.65. The molecule has 0 saturated heterocycles. The number of imidazole rings is 1. The van der Waals surface area contributed by atoms with E-state index in [1.165, 1.54) is 28.8 Å². The Hall–Kier alpha value is -2.01. The lowest BCUT2D eigenvalue weighted by molar-refractivity contribution is 0.101. The van der Waals surface area contributed by atoms with Crippen LogP contribution in [0, 0.1) is 17.7 Å². The zero-order chi connectivity index (χ0) is 23.5. The topological polar surface area (TPSA) is 105 Å². The summed E-state index contributed by atoms with van der Waals surface area (Å²) in [6.07, 6.45) is 4.14. The summed E-state index contributed by atoms with van der Waals surface area (Å²) in [5, 5.41) is 12.7. The first kappa shape index (κ1) is 22.8. The lowest BCUT2D eigenvalue weighted by atomic mass is 9.97. The highest BCUT2D eigenvalue weighted by molar-refractivity contribution is 7.88. The van der Waals surface area contributed by atoms with Gasteiger partial charge in [-0.3, -0.25) is 4.79 Å². The lowest BCUT2D eigenvalue weighted by Gasteiger charge is -2.26. The summed E-state index contributed by atoms with van der Waals surface area (Å²) in [5.41, 5.74) is 1.46. The Morgan fingerprint density at radius 3 is 2.55 bits per heavy atom. The molecule has 0 spiro atoms. The Kier molecular flexibility index (Phi) is 5.75. The van der Waals surface area contributed by atoms with Gasteiger partial charge in [-0.2, -0.15) is 4.31 Å². The van der Waals surface area contributed by atoms with Gasteiger partial charge in [0.2, 0.25) is 10.0 Å². The zero-order valence-electron chi connectivity index (χ0n) is 18.2.